The van der Waals surface area contributed by atoms with E-state index in [0.717, 1.165) is 0 Å². The molecule has 0 aromatic heterocycles. The molecule has 6 heteroatoms. The second-order valence-corrected chi connectivity index (χ2v) is 7.56. The van der Waals surface area contributed by atoms with E-state index in [4.69, 9.17) is 9.84 Å². The monoisotopic (exact) mass is 315 g/mol. The third kappa shape index (κ3) is 4.18. The second kappa shape index (κ2) is 7.24. The Bertz CT molecular complexity index is 567. The van der Waals surface area contributed by atoms with Crippen molar-refractivity contribution in [3.63, 3.8) is 0 Å². The summed E-state index contributed by atoms with van der Waals surface area (Å²) in [5, 5.41) is 9.15. The number of nitrogens with zero attached hydrogens (tertiary/aromatic N) is 1. The van der Waals surface area contributed by atoms with E-state index in [1.165, 1.54) is 17.5 Å². The number of sulfonamides is 1. The summed E-state index contributed by atoms with van der Waals surface area (Å²) in [4.78, 5) is 0.136. The van der Waals surface area contributed by atoms with Crippen molar-refractivity contribution in [2.75, 3.05) is 13.7 Å². The van der Waals surface area contributed by atoms with Crippen molar-refractivity contribution in [2.45, 2.75) is 45.2 Å². The first-order chi connectivity index (χ1) is 9.73. The van der Waals surface area contributed by atoms with E-state index in [2.05, 4.69) is 0 Å². The number of hydrogen-bond acceptors (Lipinski definition) is 4. The van der Waals surface area contributed by atoms with Crippen LogP contribution in [0.1, 0.15) is 33.3 Å². The first-order valence-corrected chi connectivity index (χ1v) is 8.47. The van der Waals surface area contributed by atoms with Gasteiger partial charge in [-0.25, -0.2) is 8.42 Å². The average molecular weight is 315 g/mol. The maximum absolute atomic E-state index is 12.9. The second-order valence-electron chi connectivity index (χ2n) is 5.71. The van der Waals surface area contributed by atoms with E-state index in [0.29, 0.717) is 12.1 Å². The van der Waals surface area contributed by atoms with Crippen molar-refractivity contribution in [3.05, 3.63) is 23.8 Å². The van der Waals surface area contributed by atoms with Crippen LogP contribution in [-0.2, 0) is 16.6 Å². The van der Waals surface area contributed by atoms with Crippen LogP contribution in [0.25, 0.3) is 0 Å². The van der Waals surface area contributed by atoms with Gasteiger partial charge in [0.1, 0.15) is 10.6 Å². The number of ether oxygens (including phenoxy) is 1. The highest BCUT2D eigenvalue weighted by molar-refractivity contribution is 7.89. The first kappa shape index (κ1) is 17.9. The van der Waals surface area contributed by atoms with E-state index in [-0.39, 0.29) is 29.2 Å². The van der Waals surface area contributed by atoms with Crippen LogP contribution in [0.4, 0.5) is 0 Å². The SMILES string of the molecule is COc1cc(CO)ccc1S(=O)(=O)N(CC(C)C)C(C)C. The van der Waals surface area contributed by atoms with Crippen LogP contribution < -0.4 is 4.74 Å². The standard InChI is InChI=1S/C15H25NO4S/c1-11(2)9-16(12(3)4)21(18,19)15-7-6-13(10-17)8-14(15)20-5/h6-8,11-12,17H,9-10H2,1-5H3. The molecule has 0 heterocycles. The minimum absolute atomic E-state index is 0.136. The van der Waals surface area contributed by atoms with Gasteiger partial charge in [-0.05, 0) is 37.5 Å². The predicted molar refractivity (Wildman–Crippen MR) is 82.8 cm³/mol. The Labute approximate surface area is 127 Å². The van der Waals surface area contributed by atoms with Crippen LogP contribution >= 0.6 is 0 Å². The summed E-state index contributed by atoms with van der Waals surface area (Å²) in [5.41, 5.74) is 0.616. The van der Waals surface area contributed by atoms with Crippen LogP contribution in [0.5, 0.6) is 5.75 Å². The lowest BCUT2D eigenvalue weighted by Gasteiger charge is -2.28. The molecule has 0 radical (unpaired) electrons. The van der Waals surface area contributed by atoms with Crippen LogP contribution in [0.2, 0.25) is 0 Å². The topological polar surface area (TPSA) is 66.8 Å². The molecule has 5 nitrogen and oxygen atoms in total. The van der Waals surface area contributed by atoms with Crippen molar-refractivity contribution in [2.24, 2.45) is 5.92 Å². The summed E-state index contributed by atoms with van der Waals surface area (Å²) >= 11 is 0. The molecule has 0 spiro atoms. The molecule has 0 aliphatic carbocycles. The van der Waals surface area contributed by atoms with E-state index >= 15 is 0 Å². The Kier molecular flexibility index (Phi) is 6.19. The third-order valence-electron chi connectivity index (χ3n) is 3.12. The van der Waals surface area contributed by atoms with E-state index in [1.807, 2.05) is 27.7 Å². The van der Waals surface area contributed by atoms with Crippen molar-refractivity contribution in [3.8, 4) is 5.75 Å². The van der Waals surface area contributed by atoms with Crippen molar-refractivity contribution < 1.29 is 18.3 Å². The van der Waals surface area contributed by atoms with Crippen molar-refractivity contribution in [1.82, 2.24) is 4.31 Å². The largest absolute Gasteiger partial charge is 0.495 e. The normalized spacial score (nSPS) is 12.4. The molecule has 1 rings (SSSR count). The maximum Gasteiger partial charge on any atom is 0.246 e. The average Bonchev–Trinajstić information content (AvgIpc) is 2.43. The summed E-state index contributed by atoms with van der Waals surface area (Å²) in [6.07, 6.45) is 0. The molecule has 0 saturated carbocycles. The minimum Gasteiger partial charge on any atom is -0.495 e. The van der Waals surface area contributed by atoms with Crippen LogP contribution in [-0.4, -0.2) is 37.5 Å². The predicted octanol–water partition coefficient (Wildman–Crippen LogP) is 2.24. The molecular weight excluding hydrogens is 290 g/mol. The summed E-state index contributed by atoms with van der Waals surface area (Å²) in [6.45, 7) is 7.97. The lowest BCUT2D eigenvalue weighted by molar-refractivity contribution is 0.280. The molecule has 1 aromatic rings. The van der Waals surface area contributed by atoms with Gasteiger partial charge in [-0.2, -0.15) is 4.31 Å². The van der Waals surface area contributed by atoms with E-state index in [1.54, 1.807) is 12.1 Å². The zero-order chi connectivity index (χ0) is 16.2. The molecule has 1 aromatic carbocycles. The highest BCUT2D eigenvalue weighted by Crippen LogP contribution is 2.29. The van der Waals surface area contributed by atoms with Gasteiger partial charge in [-0.1, -0.05) is 19.9 Å². The number of aliphatic hydroxyl groups excluding tert-OH is 1. The molecule has 0 fully saturated rings. The fraction of sp³-hybridized carbons (Fsp3) is 0.600. The Morgan fingerprint density at radius 2 is 1.86 bits per heavy atom. The summed E-state index contributed by atoms with van der Waals surface area (Å²) in [7, 11) is -2.21. The Morgan fingerprint density at radius 3 is 2.29 bits per heavy atom. The molecule has 0 unspecified atom stereocenters. The fourth-order valence-corrected chi connectivity index (χ4v) is 4.03. The summed E-state index contributed by atoms with van der Waals surface area (Å²) in [6, 6.07) is 4.51. The lowest BCUT2D eigenvalue weighted by Crippen LogP contribution is -2.39. The van der Waals surface area contributed by atoms with Gasteiger partial charge < -0.3 is 9.84 Å². The highest BCUT2D eigenvalue weighted by Gasteiger charge is 2.30. The molecule has 120 valence electrons. The molecule has 0 bridgehead atoms. The lowest BCUT2D eigenvalue weighted by atomic mass is 10.2. The quantitative estimate of drug-likeness (QED) is 0.838. The van der Waals surface area contributed by atoms with Gasteiger partial charge in [0.15, 0.2) is 0 Å². The maximum atomic E-state index is 12.9. The summed E-state index contributed by atoms with van der Waals surface area (Å²) < 4.78 is 32.4. The van der Waals surface area contributed by atoms with Crippen molar-refractivity contribution in [1.29, 1.82) is 0 Å². The van der Waals surface area contributed by atoms with Gasteiger partial charge in [-0.15, -0.1) is 0 Å². The Hall–Kier alpha value is -1.11. The van der Waals surface area contributed by atoms with Crippen LogP contribution in [0.3, 0.4) is 0 Å². The molecule has 0 atom stereocenters. The van der Waals surface area contributed by atoms with Crippen molar-refractivity contribution >= 4 is 10.0 Å². The van der Waals surface area contributed by atoms with Crippen LogP contribution in [0.15, 0.2) is 23.1 Å². The minimum atomic E-state index is -3.64. The first-order valence-electron chi connectivity index (χ1n) is 7.03. The Balaban J connectivity index is 3.34. The van der Waals surface area contributed by atoms with E-state index in [9.17, 15) is 8.42 Å². The molecule has 0 saturated heterocycles. The molecule has 0 aliphatic rings. The third-order valence-corrected chi connectivity index (χ3v) is 5.20. The molecular formula is C15H25NO4S. The molecule has 1 N–H and O–H groups in total. The van der Waals surface area contributed by atoms with Gasteiger partial charge in [-0.3, -0.25) is 0 Å². The zero-order valence-corrected chi connectivity index (χ0v) is 14.1. The fourth-order valence-electron chi connectivity index (χ4n) is 2.10. The van der Waals surface area contributed by atoms with Gasteiger partial charge in [0.2, 0.25) is 10.0 Å². The number of rotatable bonds is 7. The highest BCUT2D eigenvalue weighted by atomic mass is 32.2. The number of hydrogen-bond donors (Lipinski definition) is 1. The zero-order valence-electron chi connectivity index (χ0n) is 13.3. The van der Waals surface area contributed by atoms with Gasteiger partial charge >= 0.3 is 0 Å². The number of methoxy groups -OCH3 is 1. The number of aliphatic hydroxyl groups is 1. The number of benzene rings is 1. The van der Waals surface area contributed by atoms with Gasteiger partial charge in [0.25, 0.3) is 0 Å². The van der Waals surface area contributed by atoms with Crippen LogP contribution in [0, 0.1) is 5.92 Å². The van der Waals surface area contributed by atoms with E-state index < -0.39 is 10.0 Å². The molecule has 21 heavy (non-hydrogen) atoms. The molecule has 0 aliphatic heterocycles. The Morgan fingerprint density at radius 1 is 1.24 bits per heavy atom. The smallest absolute Gasteiger partial charge is 0.246 e. The van der Waals surface area contributed by atoms with Gasteiger partial charge in [0, 0.05) is 12.6 Å². The van der Waals surface area contributed by atoms with Gasteiger partial charge in [0.05, 0.1) is 13.7 Å². The molecule has 0 amide bonds. The summed E-state index contributed by atoms with van der Waals surface area (Å²) in [5.74, 6) is 0.487.